The van der Waals surface area contributed by atoms with Crippen molar-refractivity contribution in [3.8, 4) is 5.75 Å². The number of thioether (sulfide) groups is 1. The van der Waals surface area contributed by atoms with Crippen LogP contribution in [0.25, 0.3) is 0 Å². The fourth-order valence-corrected chi connectivity index (χ4v) is 1.72. The molecule has 1 amide bonds. The molecule has 0 aromatic heterocycles. The molecule has 2 N–H and O–H groups in total. The average Bonchev–Trinajstić information content (AvgIpc) is 2.26. The Bertz CT molecular complexity index is 440. The second-order valence-corrected chi connectivity index (χ2v) is 4.81. The number of nitrogens with one attached hydrogen (secondary N) is 1. The number of carbonyl (C=O) groups excluding carboxylic acids is 1. The SMILES string of the molecule is O=C(NCCSC(F)(F)F)c1cc(Cl)ccc1O. The average molecular weight is 300 g/mol. The Morgan fingerprint density at radius 1 is 1.44 bits per heavy atom. The predicted octanol–water partition coefficient (Wildman–Crippen LogP) is 3.03. The molecule has 0 aliphatic rings. The molecule has 1 rings (SSSR count). The summed E-state index contributed by atoms with van der Waals surface area (Å²) in [5.41, 5.74) is -4.39. The molecule has 0 aliphatic heterocycles. The minimum atomic E-state index is -4.32. The minimum Gasteiger partial charge on any atom is -0.507 e. The van der Waals surface area contributed by atoms with Gasteiger partial charge in [0, 0.05) is 17.3 Å². The zero-order valence-corrected chi connectivity index (χ0v) is 10.5. The lowest BCUT2D eigenvalue weighted by Gasteiger charge is -2.08. The Morgan fingerprint density at radius 3 is 2.72 bits per heavy atom. The van der Waals surface area contributed by atoms with Gasteiger partial charge in [0.25, 0.3) is 5.91 Å². The first kappa shape index (κ1) is 15.0. The van der Waals surface area contributed by atoms with E-state index in [0.717, 1.165) is 0 Å². The van der Waals surface area contributed by atoms with E-state index in [1.165, 1.54) is 18.2 Å². The van der Waals surface area contributed by atoms with E-state index in [9.17, 15) is 23.1 Å². The molecule has 1 aromatic rings. The fraction of sp³-hybridized carbons (Fsp3) is 0.300. The highest BCUT2D eigenvalue weighted by atomic mass is 35.5. The summed E-state index contributed by atoms with van der Waals surface area (Å²) < 4.78 is 35.4. The van der Waals surface area contributed by atoms with Gasteiger partial charge >= 0.3 is 5.51 Å². The second kappa shape index (κ2) is 6.19. The van der Waals surface area contributed by atoms with Crippen molar-refractivity contribution in [2.45, 2.75) is 5.51 Å². The first-order valence-electron chi connectivity index (χ1n) is 4.77. The number of carbonyl (C=O) groups is 1. The molecule has 8 heteroatoms. The quantitative estimate of drug-likeness (QED) is 0.840. The predicted molar refractivity (Wildman–Crippen MR) is 64.0 cm³/mol. The van der Waals surface area contributed by atoms with Gasteiger partial charge in [-0.25, -0.2) is 0 Å². The van der Waals surface area contributed by atoms with Gasteiger partial charge in [-0.2, -0.15) is 13.2 Å². The van der Waals surface area contributed by atoms with Crippen molar-refractivity contribution >= 4 is 29.3 Å². The van der Waals surface area contributed by atoms with Gasteiger partial charge in [0.2, 0.25) is 0 Å². The third-order valence-corrected chi connectivity index (χ3v) is 2.83. The van der Waals surface area contributed by atoms with Gasteiger partial charge in [0.1, 0.15) is 5.75 Å². The summed E-state index contributed by atoms with van der Waals surface area (Å²) in [6.45, 7) is -0.158. The Kier molecular flexibility index (Phi) is 5.15. The normalized spacial score (nSPS) is 11.3. The van der Waals surface area contributed by atoms with Gasteiger partial charge in [-0.15, -0.1) is 0 Å². The highest BCUT2D eigenvalue weighted by molar-refractivity contribution is 8.00. The number of benzene rings is 1. The number of alkyl halides is 3. The standard InChI is InChI=1S/C10H9ClF3NO2S/c11-6-1-2-8(16)7(5-6)9(17)15-3-4-18-10(12,13)14/h1-2,5,16H,3-4H2,(H,15,17). The zero-order chi connectivity index (χ0) is 13.8. The van der Waals surface area contributed by atoms with Gasteiger partial charge in [0.15, 0.2) is 0 Å². The monoisotopic (exact) mass is 299 g/mol. The van der Waals surface area contributed by atoms with Crippen molar-refractivity contribution in [2.75, 3.05) is 12.3 Å². The van der Waals surface area contributed by atoms with E-state index in [0.29, 0.717) is 0 Å². The van der Waals surface area contributed by atoms with Crippen LogP contribution < -0.4 is 5.32 Å². The number of halogens is 4. The molecule has 0 heterocycles. The summed E-state index contributed by atoms with van der Waals surface area (Å²) in [5.74, 6) is -1.24. The molecule has 0 radical (unpaired) electrons. The molecule has 100 valence electrons. The summed E-state index contributed by atoms with van der Waals surface area (Å²) in [7, 11) is 0. The number of phenols is 1. The van der Waals surface area contributed by atoms with E-state index in [1.54, 1.807) is 0 Å². The molecule has 1 aromatic carbocycles. The maximum Gasteiger partial charge on any atom is 0.441 e. The maximum atomic E-state index is 11.8. The molecular weight excluding hydrogens is 291 g/mol. The molecule has 0 unspecified atom stereocenters. The van der Waals surface area contributed by atoms with Crippen LogP contribution in [0.2, 0.25) is 5.02 Å². The summed E-state index contributed by atoms with van der Waals surface area (Å²) in [6, 6.07) is 3.87. The summed E-state index contributed by atoms with van der Waals surface area (Å²) in [4.78, 5) is 11.5. The lowest BCUT2D eigenvalue weighted by molar-refractivity contribution is -0.0327. The van der Waals surface area contributed by atoms with E-state index in [-0.39, 0.29) is 40.4 Å². The Labute approximate surface area is 110 Å². The van der Waals surface area contributed by atoms with Crippen LogP contribution in [0.5, 0.6) is 5.75 Å². The lowest BCUT2D eigenvalue weighted by Crippen LogP contribution is -2.26. The molecule has 0 aliphatic carbocycles. The van der Waals surface area contributed by atoms with Crippen LogP contribution in [0.1, 0.15) is 10.4 Å². The topological polar surface area (TPSA) is 49.3 Å². The van der Waals surface area contributed by atoms with E-state index in [1.807, 2.05) is 0 Å². The Balaban J connectivity index is 2.48. The third kappa shape index (κ3) is 5.05. The van der Waals surface area contributed by atoms with Crippen LogP contribution in [0, 0.1) is 0 Å². The van der Waals surface area contributed by atoms with Crippen molar-refractivity contribution in [1.29, 1.82) is 0 Å². The molecule has 0 saturated heterocycles. The molecule has 0 atom stereocenters. The summed E-state index contributed by atoms with van der Waals surface area (Å²) in [5, 5.41) is 11.9. The van der Waals surface area contributed by atoms with Crippen LogP contribution in [0.4, 0.5) is 13.2 Å². The van der Waals surface area contributed by atoms with Gasteiger partial charge in [0.05, 0.1) is 5.56 Å². The van der Waals surface area contributed by atoms with Crippen molar-refractivity contribution < 1.29 is 23.1 Å². The minimum absolute atomic E-state index is 0.0699. The summed E-state index contributed by atoms with van der Waals surface area (Å²) >= 11 is 5.41. The smallest absolute Gasteiger partial charge is 0.441 e. The molecule has 0 fully saturated rings. The van der Waals surface area contributed by atoms with Crippen LogP contribution in [0.3, 0.4) is 0 Å². The molecular formula is C10H9ClF3NO2S. The summed E-state index contributed by atoms with van der Waals surface area (Å²) in [6.07, 6.45) is 0. The number of hydrogen-bond donors (Lipinski definition) is 2. The third-order valence-electron chi connectivity index (χ3n) is 1.86. The number of hydrogen-bond acceptors (Lipinski definition) is 3. The van der Waals surface area contributed by atoms with E-state index >= 15 is 0 Å². The van der Waals surface area contributed by atoms with Crippen molar-refractivity contribution in [3.05, 3.63) is 28.8 Å². The number of aromatic hydroxyl groups is 1. The highest BCUT2D eigenvalue weighted by Gasteiger charge is 2.27. The molecule has 0 saturated carbocycles. The Hall–Kier alpha value is -1.08. The maximum absolute atomic E-state index is 11.8. The molecule has 18 heavy (non-hydrogen) atoms. The van der Waals surface area contributed by atoms with Crippen LogP contribution in [-0.2, 0) is 0 Å². The van der Waals surface area contributed by atoms with E-state index < -0.39 is 11.4 Å². The first-order chi connectivity index (χ1) is 8.29. The van der Waals surface area contributed by atoms with E-state index in [4.69, 9.17) is 11.6 Å². The molecule has 3 nitrogen and oxygen atoms in total. The van der Waals surface area contributed by atoms with Gasteiger partial charge in [-0.3, -0.25) is 4.79 Å². The van der Waals surface area contributed by atoms with Crippen LogP contribution >= 0.6 is 23.4 Å². The molecule has 0 bridgehead atoms. The fourth-order valence-electron chi connectivity index (χ4n) is 1.12. The van der Waals surface area contributed by atoms with Crippen LogP contribution in [-0.4, -0.2) is 28.8 Å². The molecule has 0 spiro atoms. The van der Waals surface area contributed by atoms with Crippen molar-refractivity contribution in [3.63, 3.8) is 0 Å². The number of rotatable bonds is 4. The van der Waals surface area contributed by atoms with Crippen LogP contribution in [0.15, 0.2) is 18.2 Å². The number of phenolic OH excluding ortho intramolecular Hbond substituents is 1. The van der Waals surface area contributed by atoms with Gasteiger partial charge in [-0.05, 0) is 30.0 Å². The zero-order valence-electron chi connectivity index (χ0n) is 8.92. The van der Waals surface area contributed by atoms with Gasteiger partial charge < -0.3 is 10.4 Å². The van der Waals surface area contributed by atoms with Gasteiger partial charge in [-0.1, -0.05) is 11.6 Å². The second-order valence-electron chi connectivity index (χ2n) is 3.21. The lowest BCUT2D eigenvalue weighted by atomic mass is 10.2. The van der Waals surface area contributed by atoms with E-state index in [2.05, 4.69) is 5.32 Å². The largest absolute Gasteiger partial charge is 0.507 e. The van der Waals surface area contributed by atoms with Crippen molar-refractivity contribution in [1.82, 2.24) is 5.32 Å². The first-order valence-corrected chi connectivity index (χ1v) is 6.13. The highest BCUT2D eigenvalue weighted by Crippen LogP contribution is 2.29. The number of amides is 1. The Morgan fingerprint density at radius 2 is 2.11 bits per heavy atom. The van der Waals surface area contributed by atoms with Crippen molar-refractivity contribution in [2.24, 2.45) is 0 Å².